The molecule has 2 rings (SSSR count). The Morgan fingerprint density at radius 3 is 3.00 bits per heavy atom. The lowest BCUT2D eigenvalue weighted by molar-refractivity contribution is 0.725. The van der Waals surface area contributed by atoms with Gasteiger partial charge in [0.25, 0.3) is 0 Å². The molecule has 1 aromatic rings. The lowest BCUT2D eigenvalue weighted by Gasteiger charge is -2.05. The summed E-state index contributed by atoms with van der Waals surface area (Å²) in [5.41, 5.74) is 0. The molecule has 1 saturated heterocycles. The van der Waals surface area contributed by atoms with Crippen LogP contribution >= 0.6 is 34.7 Å². The van der Waals surface area contributed by atoms with E-state index in [0.717, 1.165) is 16.8 Å². The molecule has 1 aliphatic heterocycles. The van der Waals surface area contributed by atoms with E-state index in [0.29, 0.717) is 5.37 Å². The van der Waals surface area contributed by atoms with Crippen molar-refractivity contribution in [1.29, 1.82) is 0 Å². The summed E-state index contributed by atoms with van der Waals surface area (Å²) in [5, 5.41) is 7.49. The van der Waals surface area contributed by atoms with E-state index in [2.05, 4.69) is 18.3 Å². The van der Waals surface area contributed by atoms with Crippen LogP contribution in [0.3, 0.4) is 0 Å². The van der Waals surface area contributed by atoms with Crippen LogP contribution < -0.4 is 5.32 Å². The van der Waals surface area contributed by atoms with Crippen LogP contribution in [0.25, 0.3) is 0 Å². The Morgan fingerprint density at radius 1 is 1.67 bits per heavy atom. The molecule has 0 spiro atoms. The quantitative estimate of drug-likeness (QED) is 0.779. The van der Waals surface area contributed by atoms with Gasteiger partial charge in [-0.05, 0) is 6.07 Å². The first kappa shape index (κ1) is 8.88. The minimum atomic E-state index is 0.470. The van der Waals surface area contributed by atoms with Gasteiger partial charge in [-0.25, -0.2) is 0 Å². The molecule has 0 saturated carbocycles. The maximum absolute atomic E-state index is 5.85. The largest absolute Gasteiger partial charge is 0.300 e. The molecule has 1 fully saturated rings. The van der Waals surface area contributed by atoms with Gasteiger partial charge in [-0.3, -0.25) is 5.32 Å². The van der Waals surface area contributed by atoms with Crippen LogP contribution in [0.1, 0.15) is 17.2 Å². The average molecular weight is 220 g/mol. The summed E-state index contributed by atoms with van der Waals surface area (Å²) < 4.78 is 0. The summed E-state index contributed by atoms with van der Waals surface area (Å²) in [6, 6.07) is 2.05. The zero-order valence-corrected chi connectivity index (χ0v) is 9.10. The number of halogens is 1. The van der Waals surface area contributed by atoms with E-state index >= 15 is 0 Å². The molecule has 4 heteroatoms. The highest BCUT2D eigenvalue weighted by Crippen LogP contribution is 2.38. The fourth-order valence-electron chi connectivity index (χ4n) is 1.23. The van der Waals surface area contributed by atoms with E-state index in [4.69, 9.17) is 11.6 Å². The zero-order valence-electron chi connectivity index (χ0n) is 6.71. The molecule has 2 heterocycles. The fourth-order valence-corrected chi connectivity index (χ4v) is 3.65. The lowest BCUT2D eigenvalue weighted by Crippen LogP contribution is -2.12. The second kappa shape index (κ2) is 3.58. The summed E-state index contributed by atoms with van der Waals surface area (Å²) in [6.45, 7) is 3.34. The number of nitrogens with one attached hydrogen (secondary N) is 1. The molecule has 0 amide bonds. The van der Waals surface area contributed by atoms with Crippen molar-refractivity contribution in [3.63, 3.8) is 0 Å². The normalized spacial score (nSPS) is 29.5. The van der Waals surface area contributed by atoms with Crippen molar-refractivity contribution in [1.82, 2.24) is 5.32 Å². The van der Waals surface area contributed by atoms with E-state index < -0.39 is 0 Å². The van der Waals surface area contributed by atoms with Gasteiger partial charge in [0, 0.05) is 22.1 Å². The van der Waals surface area contributed by atoms with Gasteiger partial charge < -0.3 is 0 Å². The summed E-state index contributed by atoms with van der Waals surface area (Å²) in [7, 11) is 0. The Morgan fingerprint density at radius 2 is 2.50 bits per heavy atom. The highest BCUT2D eigenvalue weighted by molar-refractivity contribution is 8.00. The van der Waals surface area contributed by atoms with Crippen LogP contribution in [0.2, 0.25) is 5.02 Å². The monoisotopic (exact) mass is 219 g/mol. The van der Waals surface area contributed by atoms with Crippen LogP contribution in [0.5, 0.6) is 0 Å². The van der Waals surface area contributed by atoms with Crippen LogP contribution in [-0.2, 0) is 0 Å². The zero-order chi connectivity index (χ0) is 8.55. The van der Waals surface area contributed by atoms with E-state index in [9.17, 15) is 0 Å². The number of hydrogen-bond donors (Lipinski definition) is 1. The molecule has 0 bridgehead atoms. The van der Waals surface area contributed by atoms with Crippen molar-refractivity contribution in [3.05, 3.63) is 21.3 Å². The Bertz CT molecular complexity index is 274. The van der Waals surface area contributed by atoms with Crippen molar-refractivity contribution in [2.24, 2.45) is 0 Å². The summed E-state index contributed by atoms with van der Waals surface area (Å²) >= 11 is 9.55. The van der Waals surface area contributed by atoms with Crippen molar-refractivity contribution < 1.29 is 0 Å². The van der Waals surface area contributed by atoms with Crippen molar-refractivity contribution >= 4 is 34.7 Å². The van der Waals surface area contributed by atoms with Gasteiger partial charge in [-0.15, -0.1) is 23.1 Å². The molecule has 1 nitrogen and oxygen atoms in total. The Kier molecular flexibility index (Phi) is 2.65. The fraction of sp³-hybridized carbons (Fsp3) is 0.500. The van der Waals surface area contributed by atoms with E-state index in [1.807, 2.05) is 17.1 Å². The number of thioether (sulfide) groups is 1. The maximum Gasteiger partial charge on any atom is 0.0886 e. The van der Waals surface area contributed by atoms with Crippen molar-refractivity contribution in [3.8, 4) is 0 Å². The van der Waals surface area contributed by atoms with Crippen LogP contribution in [0.4, 0.5) is 0 Å². The molecule has 0 radical (unpaired) electrons. The second-order valence-corrected chi connectivity index (χ2v) is 5.83. The van der Waals surface area contributed by atoms with E-state index in [1.54, 1.807) is 11.3 Å². The van der Waals surface area contributed by atoms with Gasteiger partial charge in [-0.2, -0.15) is 0 Å². The summed E-state index contributed by atoms with van der Waals surface area (Å²) in [4.78, 5) is 1.34. The highest BCUT2D eigenvalue weighted by atomic mass is 35.5. The smallest absolute Gasteiger partial charge is 0.0886 e. The molecule has 12 heavy (non-hydrogen) atoms. The minimum Gasteiger partial charge on any atom is -0.300 e. The molecule has 0 aliphatic carbocycles. The first-order chi connectivity index (χ1) is 5.75. The number of thiophene rings is 1. The second-order valence-electron chi connectivity index (χ2n) is 2.90. The van der Waals surface area contributed by atoms with Gasteiger partial charge in [0.15, 0.2) is 0 Å². The van der Waals surface area contributed by atoms with E-state index in [1.165, 1.54) is 4.88 Å². The predicted molar refractivity (Wildman–Crippen MR) is 57.1 cm³/mol. The first-order valence-corrected chi connectivity index (χ1v) is 6.08. The third kappa shape index (κ3) is 1.79. The van der Waals surface area contributed by atoms with Crippen LogP contribution in [-0.4, -0.2) is 11.8 Å². The Labute approximate surface area is 85.5 Å². The SMILES string of the molecule is CC1CNC(c2cc(Cl)cs2)S1. The third-order valence-corrected chi connectivity index (χ3v) is 4.62. The molecular weight excluding hydrogens is 210 g/mol. The minimum absolute atomic E-state index is 0.470. The number of hydrogen-bond acceptors (Lipinski definition) is 3. The topological polar surface area (TPSA) is 12.0 Å². The molecule has 0 aromatic carbocycles. The third-order valence-electron chi connectivity index (χ3n) is 1.81. The molecule has 66 valence electrons. The van der Waals surface area contributed by atoms with Crippen LogP contribution in [0, 0.1) is 0 Å². The summed E-state index contributed by atoms with van der Waals surface area (Å²) in [6.07, 6.45) is 0. The van der Waals surface area contributed by atoms with E-state index in [-0.39, 0.29) is 0 Å². The molecule has 1 aliphatic rings. The lowest BCUT2D eigenvalue weighted by atomic mass is 10.4. The predicted octanol–water partition coefficient (Wildman–Crippen LogP) is 3.13. The molecular formula is C8H10ClNS2. The highest BCUT2D eigenvalue weighted by Gasteiger charge is 2.23. The van der Waals surface area contributed by atoms with Gasteiger partial charge in [-0.1, -0.05) is 18.5 Å². The average Bonchev–Trinajstić information content (AvgIpc) is 2.58. The molecule has 1 N–H and O–H groups in total. The van der Waals surface area contributed by atoms with Gasteiger partial charge in [0.2, 0.25) is 0 Å². The first-order valence-electron chi connectivity index (χ1n) is 3.88. The summed E-state index contributed by atoms with van der Waals surface area (Å²) in [5.74, 6) is 0. The Hall–Kier alpha value is 0.300. The molecule has 1 aromatic heterocycles. The molecule has 2 atom stereocenters. The van der Waals surface area contributed by atoms with Gasteiger partial charge in [0.1, 0.15) is 0 Å². The van der Waals surface area contributed by atoms with Crippen molar-refractivity contribution in [2.45, 2.75) is 17.5 Å². The molecule has 2 unspecified atom stereocenters. The van der Waals surface area contributed by atoms with Crippen molar-refractivity contribution in [2.75, 3.05) is 6.54 Å². The standard InChI is InChI=1S/C8H10ClNS2/c1-5-3-10-8(12-5)7-2-6(9)4-11-7/h2,4-5,8,10H,3H2,1H3. The Balaban J connectivity index is 2.11. The maximum atomic E-state index is 5.85. The number of rotatable bonds is 1. The van der Waals surface area contributed by atoms with Gasteiger partial charge >= 0.3 is 0 Å². The van der Waals surface area contributed by atoms with Gasteiger partial charge in [0.05, 0.1) is 10.4 Å². The van der Waals surface area contributed by atoms with Crippen LogP contribution in [0.15, 0.2) is 11.4 Å².